The van der Waals surface area contributed by atoms with Crippen molar-refractivity contribution < 1.29 is 9.53 Å². The highest BCUT2D eigenvalue weighted by Crippen LogP contribution is 2.19. The number of imidazole rings is 1. The summed E-state index contributed by atoms with van der Waals surface area (Å²) in [5.74, 6) is 0.0583. The molecule has 5 nitrogen and oxygen atoms in total. The number of carbonyl (C=O) groups excluding carboxylic acids is 1. The monoisotopic (exact) mass is 335 g/mol. The number of ether oxygens (including phenoxy) is 1. The number of nitrogens with one attached hydrogen (secondary N) is 1. The van der Waals surface area contributed by atoms with E-state index in [1.165, 1.54) is 5.56 Å². The third-order valence-electron chi connectivity index (χ3n) is 4.76. The lowest BCUT2D eigenvalue weighted by Crippen LogP contribution is -2.42. The summed E-state index contributed by atoms with van der Waals surface area (Å²) >= 11 is 0. The van der Waals surface area contributed by atoms with E-state index in [9.17, 15) is 4.79 Å². The zero-order valence-corrected chi connectivity index (χ0v) is 14.0. The van der Waals surface area contributed by atoms with Crippen molar-refractivity contribution in [3.8, 4) is 0 Å². The van der Waals surface area contributed by atoms with Crippen LogP contribution in [0.1, 0.15) is 22.3 Å². The maximum Gasteiger partial charge on any atom is 0.254 e. The van der Waals surface area contributed by atoms with E-state index in [0.717, 1.165) is 30.5 Å². The molecule has 25 heavy (non-hydrogen) atoms. The van der Waals surface area contributed by atoms with Crippen molar-refractivity contribution >= 4 is 16.9 Å². The normalized spacial score (nSPS) is 17.0. The Bertz CT molecular complexity index is 854. The fourth-order valence-corrected chi connectivity index (χ4v) is 3.35. The minimum atomic E-state index is 0.0583. The van der Waals surface area contributed by atoms with Gasteiger partial charge in [-0.15, -0.1) is 0 Å². The number of aromatic nitrogens is 2. The highest BCUT2D eigenvalue weighted by atomic mass is 16.5. The smallest absolute Gasteiger partial charge is 0.254 e. The number of rotatable bonds is 5. The molecular formula is C20H21N3O2. The number of fused-ring (bicyclic) bond motifs is 1. The molecule has 5 heteroatoms. The highest BCUT2D eigenvalue weighted by Gasteiger charge is 2.28. The molecule has 1 aliphatic heterocycles. The minimum Gasteiger partial charge on any atom is -0.379 e. The first-order chi connectivity index (χ1) is 12.3. The van der Waals surface area contributed by atoms with Gasteiger partial charge in [-0.1, -0.05) is 30.3 Å². The maximum atomic E-state index is 13.2. The topological polar surface area (TPSA) is 58.2 Å². The SMILES string of the molecule is O=C(c1ccc2nc[nH]c2c1)N(CCc1ccccc1)C1CCOC1. The second-order valence-electron chi connectivity index (χ2n) is 6.39. The van der Waals surface area contributed by atoms with E-state index < -0.39 is 0 Å². The van der Waals surface area contributed by atoms with Gasteiger partial charge in [0, 0.05) is 18.7 Å². The van der Waals surface area contributed by atoms with Gasteiger partial charge in [0.1, 0.15) is 0 Å². The number of nitrogens with zero attached hydrogens (tertiary/aromatic N) is 2. The van der Waals surface area contributed by atoms with Crippen molar-refractivity contribution in [2.75, 3.05) is 19.8 Å². The lowest BCUT2D eigenvalue weighted by Gasteiger charge is -2.28. The van der Waals surface area contributed by atoms with E-state index in [4.69, 9.17) is 4.74 Å². The fraction of sp³-hybridized carbons (Fsp3) is 0.300. The van der Waals surface area contributed by atoms with Gasteiger partial charge >= 0.3 is 0 Å². The first-order valence-electron chi connectivity index (χ1n) is 8.67. The lowest BCUT2D eigenvalue weighted by atomic mass is 10.1. The van der Waals surface area contributed by atoms with Crippen LogP contribution in [0.15, 0.2) is 54.9 Å². The van der Waals surface area contributed by atoms with Crippen molar-refractivity contribution in [2.24, 2.45) is 0 Å². The van der Waals surface area contributed by atoms with Crippen LogP contribution in [-0.2, 0) is 11.2 Å². The average Bonchev–Trinajstić information content (AvgIpc) is 3.34. The van der Waals surface area contributed by atoms with Crippen molar-refractivity contribution in [3.05, 3.63) is 66.0 Å². The van der Waals surface area contributed by atoms with Gasteiger partial charge in [-0.25, -0.2) is 4.98 Å². The molecule has 1 aliphatic rings. The van der Waals surface area contributed by atoms with Crippen LogP contribution < -0.4 is 0 Å². The molecule has 4 rings (SSSR count). The molecule has 1 fully saturated rings. The van der Waals surface area contributed by atoms with E-state index in [0.29, 0.717) is 18.7 Å². The van der Waals surface area contributed by atoms with Crippen LogP contribution in [0, 0.1) is 0 Å². The van der Waals surface area contributed by atoms with Crippen LogP contribution in [0.25, 0.3) is 11.0 Å². The van der Waals surface area contributed by atoms with E-state index in [1.54, 1.807) is 6.33 Å². The molecule has 128 valence electrons. The molecule has 3 aromatic rings. The van der Waals surface area contributed by atoms with Gasteiger partial charge in [0.05, 0.1) is 30.0 Å². The van der Waals surface area contributed by atoms with Gasteiger partial charge in [-0.3, -0.25) is 4.79 Å². The van der Waals surface area contributed by atoms with Crippen LogP contribution in [0.5, 0.6) is 0 Å². The molecule has 0 saturated carbocycles. The molecule has 1 unspecified atom stereocenters. The molecule has 0 aliphatic carbocycles. The van der Waals surface area contributed by atoms with Gasteiger partial charge in [0.2, 0.25) is 0 Å². The predicted molar refractivity (Wildman–Crippen MR) is 96.5 cm³/mol. The van der Waals surface area contributed by atoms with Crippen LogP contribution in [0.3, 0.4) is 0 Å². The second-order valence-corrected chi connectivity index (χ2v) is 6.39. The Hall–Kier alpha value is -2.66. The lowest BCUT2D eigenvalue weighted by molar-refractivity contribution is 0.0656. The van der Waals surface area contributed by atoms with Crippen molar-refractivity contribution in [1.82, 2.24) is 14.9 Å². The number of aromatic amines is 1. The second kappa shape index (κ2) is 7.07. The minimum absolute atomic E-state index is 0.0583. The summed E-state index contributed by atoms with van der Waals surface area (Å²) in [5.41, 5.74) is 3.69. The molecule has 1 N–H and O–H groups in total. The maximum absolute atomic E-state index is 13.2. The molecule has 1 amide bonds. The summed E-state index contributed by atoms with van der Waals surface area (Å²) < 4.78 is 5.52. The molecule has 0 radical (unpaired) electrons. The Balaban J connectivity index is 1.56. The Labute approximate surface area is 146 Å². The number of benzene rings is 2. The number of amides is 1. The van der Waals surface area contributed by atoms with Gasteiger partial charge in [0.25, 0.3) is 5.91 Å². The summed E-state index contributed by atoms with van der Waals surface area (Å²) in [6.45, 7) is 2.03. The van der Waals surface area contributed by atoms with Gasteiger partial charge < -0.3 is 14.6 Å². The fourth-order valence-electron chi connectivity index (χ4n) is 3.35. The third-order valence-corrected chi connectivity index (χ3v) is 4.76. The Kier molecular flexibility index (Phi) is 4.48. The van der Waals surface area contributed by atoms with E-state index in [1.807, 2.05) is 41.3 Å². The number of H-pyrrole nitrogens is 1. The molecule has 0 bridgehead atoms. The summed E-state index contributed by atoms with van der Waals surface area (Å²) in [6, 6.07) is 16.1. The van der Waals surface area contributed by atoms with Crippen LogP contribution in [-0.4, -0.2) is 46.6 Å². The van der Waals surface area contributed by atoms with Gasteiger partial charge in [0.15, 0.2) is 0 Å². The first kappa shape index (κ1) is 15.8. The largest absolute Gasteiger partial charge is 0.379 e. The first-order valence-corrected chi connectivity index (χ1v) is 8.67. The average molecular weight is 335 g/mol. The zero-order chi connectivity index (χ0) is 17.1. The van der Waals surface area contributed by atoms with Crippen molar-refractivity contribution in [3.63, 3.8) is 0 Å². The van der Waals surface area contributed by atoms with E-state index in [2.05, 4.69) is 22.1 Å². The summed E-state index contributed by atoms with van der Waals surface area (Å²) in [7, 11) is 0. The number of hydrogen-bond donors (Lipinski definition) is 1. The molecule has 2 aromatic carbocycles. The van der Waals surface area contributed by atoms with Gasteiger partial charge in [-0.2, -0.15) is 0 Å². The number of hydrogen-bond acceptors (Lipinski definition) is 3. The standard InChI is InChI=1S/C20H21N3O2/c24-20(16-6-7-18-19(12-16)22-14-21-18)23(17-9-11-25-13-17)10-8-15-4-2-1-3-5-15/h1-7,12,14,17H,8-11,13H2,(H,21,22). The van der Waals surface area contributed by atoms with Crippen LogP contribution in [0.4, 0.5) is 0 Å². The molecule has 1 saturated heterocycles. The van der Waals surface area contributed by atoms with Gasteiger partial charge in [-0.05, 0) is 36.6 Å². The van der Waals surface area contributed by atoms with Crippen molar-refractivity contribution in [1.29, 1.82) is 0 Å². The molecule has 2 heterocycles. The highest BCUT2D eigenvalue weighted by molar-refractivity contribution is 5.97. The molecule has 1 aromatic heterocycles. The molecule has 1 atom stereocenters. The van der Waals surface area contributed by atoms with E-state index in [-0.39, 0.29) is 11.9 Å². The van der Waals surface area contributed by atoms with Crippen molar-refractivity contribution in [2.45, 2.75) is 18.9 Å². The van der Waals surface area contributed by atoms with Crippen LogP contribution in [0.2, 0.25) is 0 Å². The molecule has 0 spiro atoms. The Morgan fingerprint density at radius 2 is 2.12 bits per heavy atom. The number of carbonyl (C=O) groups is 1. The Morgan fingerprint density at radius 3 is 2.92 bits per heavy atom. The summed E-state index contributed by atoms with van der Waals surface area (Å²) in [4.78, 5) is 22.4. The Morgan fingerprint density at radius 1 is 1.24 bits per heavy atom. The zero-order valence-electron chi connectivity index (χ0n) is 14.0. The summed E-state index contributed by atoms with van der Waals surface area (Å²) in [5, 5.41) is 0. The van der Waals surface area contributed by atoms with Crippen LogP contribution >= 0.6 is 0 Å². The summed E-state index contributed by atoms with van der Waals surface area (Å²) in [6.07, 6.45) is 3.39. The quantitative estimate of drug-likeness (QED) is 0.780. The third kappa shape index (κ3) is 3.42. The van der Waals surface area contributed by atoms with E-state index >= 15 is 0 Å². The molecular weight excluding hydrogens is 314 g/mol. The predicted octanol–water partition coefficient (Wildman–Crippen LogP) is 3.04.